The number of hydrogen-bond acceptors (Lipinski definition) is 6. The SMILES string of the molecule is Cc1c(C)c2cc3c(c(C)c2oc1=O)OCN(CCc1ccc(S(N)(=O)=O)cc1)C3. The Kier molecular flexibility index (Phi) is 5.17. The van der Waals surface area contributed by atoms with Crippen LogP contribution in [0.2, 0.25) is 0 Å². The van der Waals surface area contributed by atoms with E-state index in [-0.39, 0.29) is 10.5 Å². The van der Waals surface area contributed by atoms with Crippen molar-refractivity contribution in [2.45, 2.75) is 38.6 Å². The quantitative estimate of drug-likeness (QED) is 0.641. The first-order chi connectivity index (χ1) is 14.1. The third-order valence-electron chi connectivity index (χ3n) is 5.76. The Hall–Kier alpha value is -2.68. The van der Waals surface area contributed by atoms with Gasteiger partial charge < -0.3 is 9.15 Å². The zero-order valence-electron chi connectivity index (χ0n) is 17.2. The Balaban J connectivity index is 1.55. The van der Waals surface area contributed by atoms with Crippen LogP contribution in [-0.2, 0) is 23.0 Å². The molecule has 1 aliphatic heterocycles. The second kappa shape index (κ2) is 7.54. The molecule has 0 aliphatic carbocycles. The predicted octanol–water partition coefficient (Wildman–Crippen LogP) is 2.76. The summed E-state index contributed by atoms with van der Waals surface area (Å²) in [5, 5.41) is 6.08. The molecule has 3 aromatic rings. The monoisotopic (exact) mass is 428 g/mol. The minimum atomic E-state index is -3.68. The van der Waals surface area contributed by atoms with Crippen LogP contribution in [0.1, 0.15) is 27.8 Å². The number of fused-ring (bicyclic) bond motifs is 2. The van der Waals surface area contributed by atoms with E-state index >= 15 is 0 Å². The van der Waals surface area contributed by atoms with E-state index < -0.39 is 10.0 Å². The molecular weight excluding hydrogens is 404 g/mol. The molecule has 158 valence electrons. The lowest BCUT2D eigenvalue weighted by Gasteiger charge is -2.30. The van der Waals surface area contributed by atoms with Gasteiger partial charge in [-0.05, 0) is 56.5 Å². The highest BCUT2D eigenvalue weighted by molar-refractivity contribution is 7.89. The molecular formula is C22H24N2O5S. The molecule has 0 fully saturated rings. The van der Waals surface area contributed by atoms with E-state index in [9.17, 15) is 13.2 Å². The predicted molar refractivity (Wildman–Crippen MR) is 114 cm³/mol. The average Bonchev–Trinajstić information content (AvgIpc) is 2.71. The van der Waals surface area contributed by atoms with E-state index in [2.05, 4.69) is 11.0 Å². The molecule has 0 radical (unpaired) electrons. The lowest BCUT2D eigenvalue weighted by Crippen LogP contribution is -2.34. The van der Waals surface area contributed by atoms with Gasteiger partial charge in [0.05, 0.1) is 4.90 Å². The Labute approximate surface area is 175 Å². The normalized spacial score (nSPS) is 14.5. The van der Waals surface area contributed by atoms with E-state index in [4.69, 9.17) is 14.3 Å². The molecule has 0 saturated carbocycles. The fourth-order valence-electron chi connectivity index (χ4n) is 3.82. The fourth-order valence-corrected chi connectivity index (χ4v) is 4.34. The molecule has 0 saturated heterocycles. The van der Waals surface area contributed by atoms with Crippen molar-refractivity contribution in [3.05, 3.63) is 68.6 Å². The van der Waals surface area contributed by atoms with Crippen LogP contribution in [0.15, 0.2) is 44.4 Å². The zero-order chi connectivity index (χ0) is 21.6. The molecule has 0 spiro atoms. The van der Waals surface area contributed by atoms with Crippen molar-refractivity contribution < 1.29 is 17.6 Å². The molecule has 30 heavy (non-hydrogen) atoms. The van der Waals surface area contributed by atoms with Crippen molar-refractivity contribution in [3.63, 3.8) is 0 Å². The first-order valence-electron chi connectivity index (χ1n) is 9.68. The van der Waals surface area contributed by atoms with Gasteiger partial charge in [-0.3, -0.25) is 4.90 Å². The molecule has 2 heterocycles. The Morgan fingerprint density at radius 2 is 1.77 bits per heavy atom. The van der Waals surface area contributed by atoms with E-state index in [0.717, 1.165) is 52.9 Å². The average molecular weight is 429 g/mol. The highest BCUT2D eigenvalue weighted by Gasteiger charge is 2.23. The van der Waals surface area contributed by atoms with Crippen LogP contribution in [0.5, 0.6) is 5.75 Å². The molecule has 0 atom stereocenters. The summed E-state index contributed by atoms with van der Waals surface area (Å²) in [5.74, 6) is 0.780. The number of nitrogens with zero attached hydrogens (tertiary/aromatic N) is 1. The first-order valence-corrected chi connectivity index (χ1v) is 11.2. The lowest BCUT2D eigenvalue weighted by atomic mass is 9.99. The van der Waals surface area contributed by atoms with Gasteiger partial charge in [0.2, 0.25) is 10.0 Å². The number of sulfonamides is 1. The van der Waals surface area contributed by atoms with E-state index in [1.807, 2.05) is 13.8 Å². The summed E-state index contributed by atoms with van der Waals surface area (Å²) >= 11 is 0. The van der Waals surface area contributed by atoms with Gasteiger partial charge in [0, 0.05) is 35.2 Å². The summed E-state index contributed by atoms with van der Waals surface area (Å²) in [6, 6.07) is 8.67. The summed E-state index contributed by atoms with van der Waals surface area (Å²) in [6.07, 6.45) is 0.753. The van der Waals surface area contributed by atoms with Crippen molar-refractivity contribution in [2.75, 3.05) is 13.3 Å². The van der Waals surface area contributed by atoms with Gasteiger partial charge in [0.25, 0.3) is 0 Å². The van der Waals surface area contributed by atoms with E-state index in [1.54, 1.807) is 19.1 Å². The van der Waals surface area contributed by atoms with Crippen LogP contribution >= 0.6 is 0 Å². The molecule has 8 heteroatoms. The molecule has 0 amide bonds. The second-order valence-corrected chi connectivity index (χ2v) is 9.33. The summed E-state index contributed by atoms with van der Waals surface area (Å²) in [7, 11) is -3.68. The maximum atomic E-state index is 12.1. The van der Waals surface area contributed by atoms with Crippen molar-refractivity contribution in [2.24, 2.45) is 5.14 Å². The minimum absolute atomic E-state index is 0.112. The van der Waals surface area contributed by atoms with E-state index in [1.165, 1.54) is 12.1 Å². The van der Waals surface area contributed by atoms with Gasteiger partial charge in [-0.1, -0.05) is 12.1 Å². The van der Waals surface area contributed by atoms with Crippen molar-refractivity contribution in [1.29, 1.82) is 0 Å². The molecule has 2 N–H and O–H groups in total. The number of benzene rings is 2. The van der Waals surface area contributed by atoms with Crippen LogP contribution < -0.4 is 15.5 Å². The summed E-state index contributed by atoms with van der Waals surface area (Å²) in [6.45, 7) is 7.55. The van der Waals surface area contributed by atoms with Gasteiger partial charge in [0.15, 0.2) is 0 Å². The smallest absolute Gasteiger partial charge is 0.339 e. The number of nitrogens with two attached hydrogens (primary N) is 1. The highest BCUT2D eigenvalue weighted by atomic mass is 32.2. The Morgan fingerprint density at radius 3 is 2.43 bits per heavy atom. The van der Waals surface area contributed by atoms with E-state index in [0.29, 0.717) is 17.9 Å². The summed E-state index contributed by atoms with van der Waals surface area (Å²) in [5.41, 5.74) is 4.76. The third-order valence-corrected chi connectivity index (χ3v) is 6.69. The number of ether oxygens (including phenoxy) is 1. The van der Waals surface area contributed by atoms with Crippen LogP contribution in [0, 0.1) is 20.8 Å². The summed E-state index contributed by atoms with van der Waals surface area (Å²) in [4.78, 5) is 14.4. The zero-order valence-corrected chi connectivity index (χ0v) is 18.0. The van der Waals surface area contributed by atoms with Crippen molar-refractivity contribution >= 4 is 21.0 Å². The van der Waals surface area contributed by atoms with Crippen LogP contribution in [0.3, 0.4) is 0 Å². The van der Waals surface area contributed by atoms with Gasteiger partial charge in [0.1, 0.15) is 18.1 Å². The van der Waals surface area contributed by atoms with Crippen molar-refractivity contribution in [3.8, 4) is 5.75 Å². The standard InChI is InChI=1S/C22H24N2O5S/c1-13-14(2)22(25)29-21-15(3)20-17(10-19(13)21)11-24(12-28-20)9-8-16-4-6-18(7-5-16)30(23,26)27/h4-7,10H,8-9,11-12H2,1-3H3,(H2,23,26,27). The van der Waals surface area contributed by atoms with Gasteiger partial charge in [-0.2, -0.15) is 0 Å². The van der Waals surface area contributed by atoms with Crippen molar-refractivity contribution in [1.82, 2.24) is 4.90 Å². The first kappa shape index (κ1) is 20.6. The molecule has 2 aromatic carbocycles. The molecule has 7 nitrogen and oxygen atoms in total. The minimum Gasteiger partial charge on any atom is -0.477 e. The molecule has 1 aliphatic rings. The topological polar surface area (TPSA) is 103 Å². The number of rotatable bonds is 4. The maximum absolute atomic E-state index is 12.1. The molecule has 1 aromatic heterocycles. The number of aryl methyl sites for hydroxylation is 2. The number of primary sulfonamides is 1. The largest absolute Gasteiger partial charge is 0.477 e. The Morgan fingerprint density at radius 1 is 1.07 bits per heavy atom. The van der Waals surface area contributed by atoms with Crippen LogP contribution in [0.4, 0.5) is 0 Å². The highest BCUT2D eigenvalue weighted by Crippen LogP contribution is 2.36. The summed E-state index contributed by atoms with van der Waals surface area (Å²) < 4.78 is 34.3. The van der Waals surface area contributed by atoms with Crippen LogP contribution in [0.25, 0.3) is 11.0 Å². The fraction of sp³-hybridized carbons (Fsp3) is 0.318. The third kappa shape index (κ3) is 3.74. The van der Waals surface area contributed by atoms with Gasteiger partial charge in [-0.25, -0.2) is 18.4 Å². The molecule has 0 bridgehead atoms. The molecule has 4 rings (SSSR count). The number of hydrogen-bond donors (Lipinski definition) is 1. The van der Waals surface area contributed by atoms with Gasteiger partial charge >= 0.3 is 5.63 Å². The van der Waals surface area contributed by atoms with Gasteiger partial charge in [-0.15, -0.1) is 0 Å². The van der Waals surface area contributed by atoms with Crippen LogP contribution in [-0.4, -0.2) is 26.6 Å². The second-order valence-electron chi connectivity index (χ2n) is 7.77. The lowest BCUT2D eigenvalue weighted by molar-refractivity contribution is 0.0959. The maximum Gasteiger partial charge on any atom is 0.339 e. The Bertz CT molecular complexity index is 1290. The molecule has 0 unspecified atom stereocenters.